The normalized spacial score (nSPS) is 13.9. The largest absolute Gasteiger partial charge is 0.491 e. The summed E-state index contributed by atoms with van der Waals surface area (Å²) in [6.45, 7) is 4.81. The van der Waals surface area contributed by atoms with Gasteiger partial charge in [-0.2, -0.15) is 0 Å². The molecule has 0 heterocycles. The van der Waals surface area contributed by atoms with Gasteiger partial charge in [0.25, 0.3) is 0 Å². The molecule has 0 aliphatic carbocycles. The first-order chi connectivity index (χ1) is 10.1. The highest BCUT2D eigenvalue weighted by molar-refractivity contribution is 5.20. The first kappa shape index (κ1) is 18.0. The zero-order valence-electron chi connectivity index (χ0n) is 13.5. The lowest BCUT2D eigenvalue weighted by Gasteiger charge is -2.23. The summed E-state index contributed by atoms with van der Waals surface area (Å²) in [5.74, 6) is -0.207. The Morgan fingerprint density at radius 2 is 1.62 bits per heavy atom. The lowest BCUT2D eigenvalue weighted by molar-refractivity contribution is -0.197. The van der Waals surface area contributed by atoms with Gasteiger partial charge < -0.3 is 14.6 Å². The van der Waals surface area contributed by atoms with Crippen molar-refractivity contribution in [2.75, 3.05) is 13.2 Å². The molecule has 1 N–H and O–H groups in total. The van der Waals surface area contributed by atoms with E-state index < -0.39 is 5.79 Å². The minimum Gasteiger partial charge on any atom is -0.491 e. The molecule has 0 aromatic heterocycles. The molecule has 3 nitrogen and oxygen atoms in total. The van der Waals surface area contributed by atoms with Gasteiger partial charge in [0.05, 0.1) is 6.61 Å². The Labute approximate surface area is 129 Å². The second kappa shape index (κ2) is 10.6. The van der Waals surface area contributed by atoms with Crippen LogP contribution in [0.3, 0.4) is 0 Å². The first-order valence-electron chi connectivity index (χ1n) is 8.18. The van der Waals surface area contributed by atoms with Crippen molar-refractivity contribution in [3.63, 3.8) is 0 Å². The Bertz CT molecular complexity index is 349. The van der Waals surface area contributed by atoms with Crippen LogP contribution in [0.4, 0.5) is 0 Å². The van der Waals surface area contributed by atoms with Gasteiger partial charge in [-0.15, -0.1) is 0 Å². The summed E-state index contributed by atoms with van der Waals surface area (Å²) in [5, 5.41) is 10.1. The van der Waals surface area contributed by atoms with Gasteiger partial charge in [0, 0.05) is 6.42 Å². The fourth-order valence-corrected chi connectivity index (χ4v) is 2.24. The number of para-hydroxylation sites is 1. The molecule has 21 heavy (non-hydrogen) atoms. The third kappa shape index (κ3) is 9.48. The molecule has 120 valence electrons. The van der Waals surface area contributed by atoms with Gasteiger partial charge in [0.1, 0.15) is 12.4 Å². The lowest BCUT2D eigenvalue weighted by Crippen LogP contribution is -2.30. The third-order valence-electron chi connectivity index (χ3n) is 3.50. The predicted molar refractivity (Wildman–Crippen MR) is 86.5 cm³/mol. The molecule has 0 amide bonds. The van der Waals surface area contributed by atoms with Gasteiger partial charge in [-0.05, 0) is 25.5 Å². The summed E-state index contributed by atoms with van der Waals surface area (Å²) in [4.78, 5) is 0. The van der Waals surface area contributed by atoms with Crippen molar-refractivity contribution in [3.8, 4) is 5.75 Å². The molecule has 1 aromatic rings. The van der Waals surface area contributed by atoms with Crippen LogP contribution in [0, 0.1) is 0 Å². The van der Waals surface area contributed by atoms with E-state index in [9.17, 15) is 5.11 Å². The van der Waals surface area contributed by atoms with Crippen LogP contribution in [-0.2, 0) is 4.74 Å². The second-order valence-corrected chi connectivity index (χ2v) is 5.70. The summed E-state index contributed by atoms with van der Waals surface area (Å²) in [6, 6.07) is 9.65. The van der Waals surface area contributed by atoms with Crippen molar-refractivity contribution in [2.45, 2.75) is 64.6 Å². The molecule has 0 aliphatic heterocycles. The number of aliphatic hydroxyl groups is 1. The second-order valence-electron chi connectivity index (χ2n) is 5.70. The van der Waals surface area contributed by atoms with E-state index in [2.05, 4.69) is 6.92 Å². The molecular formula is C18H30O3. The standard InChI is InChI=1S/C18H30O3/c1-3-4-5-6-7-11-14-18(2,19)21-16-15-20-17-12-9-8-10-13-17/h8-10,12-13,19H,3-7,11,14-16H2,1-2H3. The topological polar surface area (TPSA) is 38.7 Å². The van der Waals surface area contributed by atoms with Gasteiger partial charge >= 0.3 is 0 Å². The summed E-state index contributed by atoms with van der Waals surface area (Å²) >= 11 is 0. The van der Waals surface area contributed by atoms with Gasteiger partial charge in [-0.25, -0.2) is 0 Å². The maximum Gasteiger partial charge on any atom is 0.162 e. The highest BCUT2D eigenvalue weighted by atomic mass is 16.6. The van der Waals surface area contributed by atoms with Crippen LogP contribution in [-0.4, -0.2) is 24.1 Å². The molecule has 1 atom stereocenters. The number of ether oxygens (including phenoxy) is 2. The number of rotatable bonds is 12. The smallest absolute Gasteiger partial charge is 0.162 e. The maximum atomic E-state index is 10.1. The van der Waals surface area contributed by atoms with Crippen LogP contribution in [0.1, 0.15) is 58.8 Å². The van der Waals surface area contributed by atoms with Gasteiger partial charge in [-0.1, -0.05) is 57.2 Å². The summed E-state index contributed by atoms with van der Waals surface area (Å²) in [5.41, 5.74) is 0. The molecule has 0 bridgehead atoms. The molecule has 0 saturated carbocycles. The molecular weight excluding hydrogens is 264 g/mol. The van der Waals surface area contributed by atoms with E-state index in [-0.39, 0.29) is 0 Å². The lowest BCUT2D eigenvalue weighted by atomic mass is 10.1. The average molecular weight is 294 g/mol. The Balaban J connectivity index is 2.04. The molecule has 0 fully saturated rings. The fourth-order valence-electron chi connectivity index (χ4n) is 2.24. The van der Waals surface area contributed by atoms with Crippen LogP contribution in [0.25, 0.3) is 0 Å². The highest BCUT2D eigenvalue weighted by Crippen LogP contribution is 2.17. The average Bonchev–Trinajstić information content (AvgIpc) is 2.48. The maximum absolute atomic E-state index is 10.1. The van der Waals surface area contributed by atoms with E-state index in [4.69, 9.17) is 9.47 Å². The fraction of sp³-hybridized carbons (Fsp3) is 0.667. The monoisotopic (exact) mass is 294 g/mol. The number of hydrogen-bond donors (Lipinski definition) is 1. The quantitative estimate of drug-likeness (QED) is 0.454. The zero-order valence-corrected chi connectivity index (χ0v) is 13.5. The van der Waals surface area contributed by atoms with Crippen molar-refractivity contribution in [3.05, 3.63) is 30.3 Å². The van der Waals surface area contributed by atoms with Gasteiger partial charge in [0.15, 0.2) is 5.79 Å². The minimum atomic E-state index is -1.04. The zero-order chi connectivity index (χ0) is 15.4. The minimum absolute atomic E-state index is 0.401. The third-order valence-corrected chi connectivity index (χ3v) is 3.50. The summed E-state index contributed by atoms with van der Waals surface area (Å²) in [7, 11) is 0. The SMILES string of the molecule is CCCCCCCCC(C)(O)OCCOc1ccccc1. The number of hydrogen-bond acceptors (Lipinski definition) is 3. The Morgan fingerprint density at radius 3 is 2.33 bits per heavy atom. The molecule has 0 aliphatic rings. The van der Waals surface area contributed by atoms with Crippen molar-refractivity contribution in [1.29, 1.82) is 0 Å². The van der Waals surface area contributed by atoms with Crippen LogP contribution in [0.5, 0.6) is 5.75 Å². The van der Waals surface area contributed by atoms with Crippen LogP contribution in [0.2, 0.25) is 0 Å². The molecule has 1 rings (SSSR count). The number of benzene rings is 1. The van der Waals surface area contributed by atoms with Crippen molar-refractivity contribution in [2.24, 2.45) is 0 Å². The summed E-state index contributed by atoms with van der Waals surface area (Å²) in [6.07, 6.45) is 7.98. The van der Waals surface area contributed by atoms with E-state index in [1.807, 2.05) is 30.3 Å². The van der Waals surface area contributed by atoms with Crippen molar-refractivity contribution < 1.29 is 14.6 Å². The van der Waals surface area contributed by atoms with Crippen LogP contribution in [0.15, 0.2) is 30.3 Å². The van der Waals surface area contributed by atoms with E-state index in [1.165, 1.54) is 32.1 Å². The summed E-state index contributed by atoms with van der Waals surface area (Å²) < 4.78 is 11.0. The molecule has 0 radical (unpaired) electrons. The number of unbranched alkanes of at least 4 members (excludes halogenated alkanes) is 5. The van der Waals surface area contributed by atoms with Gasteiger partial charge in [0.2, 0.25) is 0 Å². The van der Waals surface area contributed by atoms with Crippen LogP contribution < -0.4 is 4.74 Å². The Kier molecular flexibility index (Phi) is 9.11. The highest BCUT2D eigenvalue weighted by Gasteiger charge is 2.19. The van der Waals surface area contributed by atoms with E-state index in [0.29, 0.717) is 19.6 Å². The van der Waals surface area contributed by atoms with E-state index in [1.54, 1.807) is 6.92 Å². The van der Waals surface area contributed by atoms with E-state index in [0.717, 1.165) is 12.2 Å². The Morgan fingerprint density at radius 1 is 0.952 bits per heavy atom. The molecule has 0 spiro atoms. The Hall–Kier alpha value is -1.06. The first-order valence-corrected chi connectivity index (χ1v) is 8.18. The molecule has 0 saturated heterocycles. The van der Waals surface area contributed by atoms with Crippen molar-refractivity contribution in [1.82, 2.24) is 0 Å². The predicted octanol–water partition coefficient (Wildman–Crippen LogP) is 4.54. The van der Waals surface area contributed by atoms with Crippen LogP contribution >= 0.6 is 0 Å². The molecule has 1 aromatic carbocycles. The molecule has 1 unspecified atom stereocenters. The van der Waals surface area contributed by atoms with Gasteiger partial charge in [-0.3, -0.25) is 0 Å². The van der Waals surface area contributed by atoms with Crippen molar-refractivity contribution >= 4 is 0 Å². The molecule has 3 heteroatoms. The van der Waals surface area contributed by atoms with E-state index >= 15 is 0 Å².